The van der Waals surface area contributed by atoms with E-state index in [0.29, 0.717) is 0 Å². The third-order valence-electron chi connectivity index (χ3n) is 3.72. The Bertz CT molecular complexity index is 823. The molecule has 0 aliphatic carbocycles. The van der Waals surface area contributed by atoms with E-state index in [0.717, 1.165) is 33.1 Å². The summed E-state index contributed by atoms with van der Waals surface area (Å²) in [6, 6.07) is 8.09. The van der Waals surface area contributed by atoms with Crippen LogP contribution in [-0.2, 0) is 0 Å². The molecule has 0 radical (unpaired) electrons. The molecule has 1 aliphatic heterocycles. The van der Waals surface area contributed by atoms with Crippen LogP contribution in [-0.4, -0.2) is 19.9 Å². The minimum atomic E-state index is 0.255. The molecule has 1 aromatic carbocycles. The highest BCUT2D eigenvalue weighted by atomic mass is 32.1. The van der Waals surface area contributed by atoms with Crippen LogP contribution in [0.2, 0.25) is 0 Å². The van der Waals surface area contributed by atoms with Crippen molar-refractivity contribution in [1.29, 1.82) is 0 Å². The SMILES string of the molecule is CC1C(=S)Nc2cc3[nH]c(-c4ccncc4)nc3cc21. The predicted molar refractivity (Wildman–Crippen MR) is 84.0 cm³/mol. The number of nitrogens with one attached hydrogen (secondary N) is 2. The van der Waals surface area contributed by atoms with Gasteiger partial charge in [-0.05, 0) is 29.8 Å². The zero-order chi connectivity index (χ0) is 13.7. The Morgan fingerprint density at radius 1 is 1.20 bits per heavy atom. The molecule has 3 heterocycles. The van der Waals surface area contributed by atoms with Crippen LogP contribution in [0.3, 0.4) is 0 Å². The van der Waals surface area contributed by atoms with Gasteiger partial charge in [-0.2, -0.15) is 0 Å². The van der Waals surface area contributed by atoms with E-state index in [1.807, 2.05) is 12.1 Å². The first-order chi connectivity index (χ1) is 9.72. The summed E-state index contributed by atoms with van der Waals surface area (Å²) in [5.41, 5.74) is 5.32. The Morgan fingerprint density at radius 3 is 2.80 bits per heavy atom. The highest BCUT2D eigenvalue weighted by Gasteiger charge is 2.24. The first-order valence-electron chi connectivity index (χ1n) is 6.47. The molecular formula is C15H12N4S. The van der Waals surface area contributed by atoms with Crippen molar-refractivity contribution in [1.82, 2.24) is 15.0 Å². The number of hydrogen-bond acceptors (Lipinski definition) is 3. The van der Waals surface area contributed by atoms with Crippen molar-refractivity contribution in [3.63, 3.8) is 0 Å². The van der Waals surface area contributed by atoms with Gasteiger partial charge in [-0.1, -0.05) is 19.1 Å². The average molecular weight is 280 g/mol. The Hall–Kier alpha value is -2.27. The molecule has 1 atom stereocenters. The Morgan fingerprint density at radius 2 is 2.00 bits per heavy atom. The van der Waals surface area contributed by atoms with Crippen molar-refractivity contribution in [3.05, 3.63) is 42.2 Å². The van der Waals surface area contributed by atoms with Gasteiger partial charge >= 0.3 is 0 Å². The topological polar surface area (TPSA) is 53.6 Å². The van der Waals surface area contributed by atoms with Gasteiger partial charge in [-0.15, -0.1) is 0 Å². The molecule has 0 spiro atoms. The fraction of sp³-hybridized carbons (Fsp3) is 0.133. The van der Waals surface area contributed by atoms with Crippen molar-refractivity contribution < 1.29 is 0 Å². The number of fused-ring (bicyclic) bond motifs is 2. The molecule has 0 fully saturated rings. The molecule has 20 heavy (non-hydrogen) atoms. The summed E-state index contributed by atoms with van der Waals surface area (Å²) >= 11 is 5.31. The second-order valence-electron chi connectivity index (χ2n) is 4.99. The lowest BCUT2D eigenvalue weighted by Crippen LogP contribution is -2.05. The molecule has 5 heteroatoms. The Kier molecular flexibility index (Phi) is 2.37. The number of nitrogens with zero attached hydrogens (tertiary/aromatic N) is 2. The molecule has 0 saturated carbocycles. The summed E-state index contributed by atoms with van der Waals surface area (Å²) in [5.74, 6) is 1.12. The quantitative estimate of drug-likeness (QED) is 0.670. The molecule has 0 saturated heterocycles. The zero-order valence-electron chi connectivity index (χ0n) is 10.8. The number of H-pyrrole nitrogens is 1. The highest BCUT2D eigenvalue weighted by Crippen LogP contribution is 2.36. The lowest BCUT2D eigenvalue weighted by atomic mass is 10.0. The third kappa shape index (κ3) is 1.63. The second kappa shape index (κ2) is 4.11. The molecule has 98 valence electrons. The molecule has 3 aromatic rings. The smallest absolute Gasteiger partial charge is 0.138 e. The molecule has 4 nitrogen and oxygen atoms in total. The van der Waals surface area contributed by atoms with Crippen LogP contribution in [0.1, 0.15) is 18.4 Å². The van der Waals surface area contributed by atoms with E-state index in [-0.39, 0.29) is 5.92 Å². The van der Waals surface area contributed by atoms with Crippen molar-refractivity contribution in [2.45, 2.75) is 12.8 Å². The largest absolute Gasteiger partial charge is 0.349 e. The van der Waals surface area contributed by atoms with E-state index >= 15 is 0 Å². The van der Waals surface area contributed by atoms with Crippen molar-refractivity contribution in [2.75, 3.05) is 5.32 Å². The molecule has 2 aromatic heterocycles. The molecule has 4 rings (SSSR count). The fourth-order valence-electron chi connectivity index (χ4n) is 2.57. The van der Waals surface area contributed by atoms with Crippen LogP contribution in [0.4, 0.5) is 5.69 Å². The Balaban J connectivity index is 1.88. The van der Waals surface area contributed by atoms with E-state index in [1.165, 1.54) is 5.56 Å². The number of hydrogen-bond donors (Lipinski definition) is 2. The summed E-state index contributed by atoms with van der Waals surface area (Å²) in [6.45, 7) is 2.11. The van der Waals surface area contributed by atoms with Crippen LogP contribution in [0, 0.1) is 0 Å². The second-order valence-corrected chi connectivity index (χ2v) is 5.43. The third-order valence-corrected chi connectivity index (χ3v) is 4.18. The molecule has 0 bridgehead atoms. The number of thiocarbonyl (C=S) groups is 1. The molecule has 1 aliphatic rings. The zero-order valence-corrected chi connectivity index (χ0v) is 11.7. The van der Waals surface area contributed by atoms with Gasteiger partial charge in [0.2, 0.25) is 0 Å². The minimum absolute atomic E-state index is 0.255. The molecule has 2 N–H and O–H groups in total. The molecular weight excluding hydrogens is 268 g/mol. The van der Waals surface area contributed by atoms with E-state index in [2.05, 4.69) is 39.3 Å². The summed E-state index contributed by atoms with van der Waals surface area (Å²) in [7, 11) is 0. The van der Waals surface area contributed by atoms with Gasteiger partial charge in [0.15, 0.2) is 0 Å². The van der Waals surface area contributed by atoms with E-state index in [9.17, 15) is 0 Å². The van der Waals surface area contributed by atoms with Crippen LogP contribution >= 0.6 is 12.2 Å². The van der Waals surface area contributed by atoms with E-state index < -0.39 is 0 Å². The fourth-order valence-corrected chi connectivity index (χ4v) is 2.81. The monoisotopic (exact) mass is 280 g/mol. The van der Waals surface area contributed by atoms with Gasteiger partial charge in [0.05, 0.1) is 16.0 Å². The van der Waals surface area contributed by atoms with Crippen LogP contribution < -0.4 is 5.32 Å². The first-order valence-corrected chi connectivity index (χ1v) is 6.88. The van der Waals surface area contributed by atoms with Gasteiger partial charge in [0, 0.05) is 29.6 Å². The van der Waals surface area contributed by atoms with E-state index in [1.54, 1.807) is 12.4 Å². The Labute approximate surface area is 121 Å². The maximum absolute atomic E-state index is 5.31. The van der Waals surface area contributed by atoms with Gasteiger partial charge in [0.1, 0.15) is 5.82 Å². The van der Waals surface area contributed by atoms with Gasteiger partial charge < -0.3 is 10.3 Å². The van der Waals surface area contributed by atoms with Gasteiger partial charge in [-0.25, -0.2) is 4.98 Å². The van der Waals surface area contributed by atoms with Crippen molar-refractivity contribution in [2.24, 2.45) is 0 Å². The number of aromatic amines is 1. The number of benzene rings is 1. The number of aromatic nitrogens is 3. The highest BCUT2D eigenvalue weighted by molar-refractivity contribution is 7.80. The average Bonchev–Trinajstić information content (AvgIpc) is 3.00. The van der Waals surface area contributed by atoms with Gasteiger partial charge in [0.25, 0.3) is 0 Å². The lowest BCUT2D eigenvalue weighted by molar-refractivity contribution is 1.07. The number of imidazole rings is 1. The minimum Gasteiger partial charge on any atom is -0.349 e. The summed E-state index contributed by atoms with van der Waals surface area (Å²) < 4.78 is 0. The maximum atomic E-state index is 5.31. The van der Waals surface area contributed by atoms with Crippen LogP contribution in [0.5, 0.6) is 0 Å². The number of anilines is 1. The van der Waals surface area contributed by atoms with Crippen molar-refractivity contribution in [3.8, 4) is 11.4 Å². The summed E-state index contributed by atoms with van der Waals surface area (Å²) in [6.07, 6.45) is 3.54. The lowest BCUT2D eigenvalue weighted by Gasteiger charge is -2.00. The van der Waals surface area contributed by atoms with Gasteiger partial charge in [-0.3, -0.25) is 4.98 Å². The summed E-state index contributed by atoms with van der Waals surface area (Å²) in [5, 5.41) is 3.26. The normalized spacial score (nSPS) is 17.2. The molecule has 0 amide bonds. The maximum Gasteiger partial charge on any atom is 0.138 e. The van der Waals surface area contributed by atoms with Crippen LogP contribution in [0.15, 0.2) is 36.7 Å². The predicted octanol–water partition coefficient (Wildman–Crippen LogP) is 3.48. The number of rotatable bonds is 1. The summed E-state index contributed by atoms with van der Waals surface area (Å²) in [4.78, 5) is 12.9. The van der Waals surface area contributed by atoms with Crippen LogP contribution in [0.25, 0.3) is 22.4 Å². The molecule has 1 unspecified atom stereocenters. The van der Waals surface area contributed by atoms with Crippen molar-refractivity contribution >= 4 is 33.9 Å². The first kappa shape index (κ1) is 11.5. The van der Waals surface area contributed by atoms with E-state index in [4.69, 9.17) is 12.2 Å². The number of pyridine rings is 1. The standard InChI is InChI=1S/C15H12N4S/c1-8-10-6-12-13(7-11(10)19-15(8)20)18-14(17-12)9-2-4-16-5-3-9/h2-8H,1H3,(H,17,18)(H,19,20).